The number of anilines is 1. The zero-order chi connectivity index (χ0) is 14.4. The number of benzene rings is 1. The molecule has 0 bridgehead atoms. The maximum absolute atomic E-state index is 11.8. The van der Waals surface area contributed by atoms with E-state index >= 15 is 0 Å². The van der Waals surface area contributed by atoms with Crippen LogP contribution in [-0.4, -0.2) is 22.5 Å². The summed E-state index contributed by atoms with van der Waals surface area (Å²) in [4.78, 5) is 21.9. The Morgan fingerprint density at radius 1 is 1.58 bits per heavy atom. The number of carbonyl (C=O) groups is 1. The van der Waals surface area contributed by atoms with Gasteiger partial charge in [-0.1, -0.05) is 19.4 Å². The Hall–Kier alpha value is -2.15. The summed E-state index contributed by atoms with van der Waals surface area (Å²) in [7, 11) is 0. The molecule has 7 heteroatoms. The van der Waals surface area contributed by atoms with E-state index in [9.17, 15) is 20.0 Å². The number of hydrogen-bond acceptors (Lipinski definition) is 5. The summed E-state index contributed by atoms with van der Waals surface area (Å²) in [6, 6.07) is 3.84. The largest absolute Gasteiger partial charge is 0.505 e. The molecule has 0 aliphatic rings. The summed E-state index contributed by atoms with van der Waals surface area (Å²) >= 11 is 0. The Kier molecular flexibility index (Phi) is 5.25. The molecular weight excluding hydrogens is 250 g/mol. The van der Waals surface area contributed by atoms with Crippen molar-refractivity contribution in [3.05, 3.63) is 28.3 Å². The number of nitrogens with one attached hydrogen (secondary N) is 1. The molecule has 1 unspecified atom stereocenters. The molecule has 0 aromatic heterocycles. The van der Waals surface area contributed by atoms with E-state index in [2.05, 4.69) is 5.32 Å². The van der Waals surface area contributed by atoms with Gasteiger partial charge < -0.3 is 16.2 Å². The normalized spacial score (nSPS) is 11.9. The van der Waals surface area contributed by atoms with Gasteiger partial charge in [-0.2, -0.15) is 0 Å². The lowest BCUT2D eigenvalue weighted by Crippen LogP contribution is -2.22. The van der Waals surface area contributed by atoms with Crippen molar-refractivity contribution >= 4 is 17.3 Å². The zero-order valence-corrected chi connectivity index (χ0v) is 10.6. The van der Waals surface area contributed by atoms with Crippen molar-refractivity contribution in [2.75, 3.05) is 11.9 Å². The lowest BCUT2D eigenvalue weighted by Gasteiger charge is -2.12. The van der Waals surface area contributed by atoms with Gasteiger partial charge in [0.05, 0.1) is 4.92 Å². The fourth-order valence-electron chi connectivity index (χ4n) is 1.66. The van der Waals surface area contributed by atoms with Crippen LogP contribution in [0, 0.1) is 16.0 Å². The smallest absolute Gasteiger partial charge is 0.296 e. The van der Waals surface area contributed by atoms with Crippen molar-refractivity contribution in [1.29, 1.82) is 0 Å². The van der Waals surface area contributed by atoms with Crippen LogP contribution in [0.1, 0.15) is 19.8 Å². The van der Waals surface area contributed by atoms with E-state index in [0.29, 0.717) is 6.54 Å². The molecule has 19 heavy (non-hydrogen) atoms. The number of hydrogen-bond donors (Lipinski definition) is 3. The van der Waals surface area contributed by atoms with Crippen LogP contribution in [0.4, 0.5) is 11.4 Å². The number of amides is 1. The number of phenols is 1. The monoisotopic (exact) mass is 267 g/mol. The average molecular weight is 267 g/mol. The molecule has 1 aromatic carbocycles. The summed E-state index contributed by atoms with van der Waals surface area (Å²) in [5.74, 6) is -0.713. The summed E-state index contributed by atoms with van der Waals surface area (Å²) in [5, 5.41) is 22.8. The van der Waals surface area contributed by atoms with Crippen LogP contribution < -0.4 is 11.1 Å². The third-order valence-corrected chi connectivity index (χ3v) is 2.87. The topological polar surface area (TPSA) is 118 Å². The van der Waals surface area contributed by atoms with Gasteiger partial charge in [0.2, 0.25) is 5.91 Å². The van der Waals surface area contributed by atoms with Crippen LogP contribution in [0.25, 0.3) is 0 Å². The first-order valence-corrected chi connectivity index (χ1v) is 5.95. The Morgan fingerprint density at radius 2 is 2.26 bits per heavy atom. The summed E-state index contributed by atoms with van der Waals surface area (Å²) in [6.45, 7) is 2.28. The molecule has 104 valence electrons. The summed E-state index contributed by atoms with van der Waals surface area (Å²) < 4.78 is 0. The van der Waals surface area contributed by atoms with Gasteiger partial charge in [-0.3, -0.25) is 14.9 Å². The molecule has 1 aromatic rings. The van der Waals surface area contributed by atoms with Gasteiger partial charge in [0.25, 0.3) is 5.69 Å². The number of carbonyl (C=O) groups excluding carboxylic acids is 1. The van der Waals surface area contributed by atoms with Gasteiger partial charge in [0.15, 0.2) is 5.69 Å². The van der Waals surface area contributed by atoms with E-state index in [1.807, 2.05) is 6.92 Å². The quantitative estimate of drug-likeness (QED) is 0.411. The van der Waals surface area contributed by atoms with E-state index < -0.39 is 10.8 Å². The minimum Gasteiger partial charge on any atom is -0.505 e. The number of para-hydroxylation sites is 1. The van der Waals surface area contributed by atoms with Crippen molar-refractivity contribution in [2.45, 2.75) is 19.8 Å². The molecular formula is C12H17N3O4. The standard InChI is InChI=1S/C12H17N3O4/c1-2-8(7-13)6-11(17)14-12-9(15(18)19)4-3-5-10(12)16/h3-5,8,16H,2,6-7,13H2,1H3,(H,14,17). The molecule has 1 amide bonds. The lowest BCUT2D eigenvalue weighted by molar-refractivity contribution is -0.384. The second kappa shape index (κ2) is 6.69. The fourth-order valence-corrected chi connectivity index (χ4v) is 1.66. The molecule has 0 spiro atoms. The van der Waals surface area contributed by atoms with Crippen LogP contribution in [-0.2, 0) is 4.79 Å². The molecule has 0 heterocycles. The van der Waals surface area contributed by atoms with Gasteiger partial charge in [-0.25, -0.2) is 0 Å². The first kappa shape index (κ1) is 14.9. The Morgan fingerprint density at radius 3 is 2.79 bits per heavy atom. The summed E-state index contributed by atoms with van der Waals surface area (Å²) in [5.41, 5.74) is 4.98. The second-order valence-electron chi connectivity index (χ2n) is 4.19. The molecule has 0 radical (unpaired) electrons. The molecule has 0 aliphatic heterocycles. The van der Waals surface area contributed by atoms with Crippen LogP contribution >= 0.6 is 0 Å². The first-order valence-electron chi connectivity index (χ1n) is 5.95. The third-order valence-electron chi connectivity index (χ3n) is 2.87. The third kappa shape index (κ3) is 3.92. The van der Waals surface area contributed by atoms with Crippen LogP contribution in [0.3, 0.4) is 0 Å². The van der Waals surface area contributed by atoms with E-state index in [-0.39, 0.29) is 29.5 Å². The number of nitro benzene ring substituents is 1. The molecule has 4 N–H and O–H groups in total. The minimum absolute atomic E-state index is 0.0184. The van der Waals surface area contributed by atoms with Crippen LogP contribution in [0.15, 0.2) is 18.2 Å². The Bertz CT molecular complexity index is 472. The second-order valence-corrected chi connectivity index (χ2v) is 4.19. The highest BCUT2D eigenvalue weighted by atomic mass is 16.6. The number of nitro groups is 1. The predicted octanol–water partition coefficient (Wildman–Crippen LogP) is 1.61. The number of aromatic hydroxyl groups is 1. The summed E-state index contributed by atoms with van der Waals surface area (Å²) in [6.07, 6.45) is 0.908. The van der Waals surface area contributed by atoms with Gasteiger partial charge in [-0.05, 0) is 18.5 Å². The van der Waals surface area contributed by atoms with Gasteiger partial charge in [0.1, 0.15) is 5.75 Å². The molecule has 0 fully saturated rings. The minimum atomic E-state index is -0.657. The van der Waals surface area contributed by atoms with E-state index in [1.165, 1.54) is 18.2 Å². The molecule has 0 saturated heterocycles. The van der Waals surface area contributed by atoms with Crippen molar-refractivity contribution in [3.63, 3.8) is 0 Å². The fraction of sp³-hybridized carbons (Fsp3) is 0.417. The number of rotatable bonds is 6. The van der Waals surface area contributed by atoms with Crippen molar-refractivity contribution < 1.29 is 14.8 Å². The maximum atomic E-state index is 11.8. The predicted molar refractivity (Wildman–Crippen MR) is 70.8 cm³/mol. The van der Waals surface area contributed by atoms with Gasteiger partial charge in [-0.15, -0.1) is 0 Å². The molecule has 1 rings (SSSR count). The average Bonchev–Trinajstić information content (AvgIpc) is 2.38. The Labute approximate surface area is 110 Å². The van der Waals surface area contributed by atoms with Crippen molar-refractivity contribution in [2.24, 2.45) is 11.7 Å². The maximum Gasteiger partial charge on any atom is 0.296 e. The number of nitrogens with zero attached hydrogens (tertiary/aromatic N) is 1. The lowest BCUT2D eigenvalue weighted by atomic mass is 10.0. The van der Waals surface area contributed by atoms with Crippen molar-refractivity contribution in [3.8, 4) is 5.75 Å². The first-order chi connectivity index (χ1) is 8.99. The van der Waals surface area contributed by atoms with Crippen LogP contribution in [0.2, 0.25) is 0 Å². The molecule has 7 nitrogen and oxygen atoms in total. The highest BCUT2D eigenvalue weighted by molar-refractivity contribution is 5.95. The van der Waals surface area contributed by atoms with Crippen LogP contribution in [0.5, 0.6) is 5.75 Å². The van der Waals surface area contributed by atoms with Crippen molar-refractivity contribution in [1.82, 2.24) is 0 Å². The molecule has 1 atom stereocenters. The Balaban J connectivity index is 2.87. The molecule has 0 saturated carbocycles. The highest BCUT2D eigenvalue weighted by Crippen LogP contribution is 2.33. The zero-order valence-electron chi connectivity index (χ0n) is 10.6. The van der Waals surface area contributed by atoms with Gasteiger partial charge in [0, 0.05) is 12.5 Å². The van der Waals surface area contributed by atoms with Gasteiger partial charge >= 0.3 is 0 Å². The van der Waals surface area contributed by atoms with E-state index in [4.69, 9.17) is 5.73 Å². The number of phenolic OH excluding ortho intramolecular Hbond substituents is 1. The molecule has 0 aliphatic carbocycles. The van der Waals surface area contributed by atoms with E-state index in [1.54, 1.807) is 0 Å². The highest BCUT2D eigenvalue weighted by Gasteiger charge is 2.20. The SMILES string of the molecule is CCC(CN)CC(=O)Nc1c(O)cccc1[N+](=O)[O-]. The van der Waals surface area contributed by atoms with E-state index in [0.717, 1.165) is 6.42 Å². The number of nitrogens with two attached hydrogens (primary N) is 1.